The minimum absolute atomic E-state index is 0.0603. The zero-order valence-corrected chi connectivity index (χ0v) is 6.84. The molecule has 0 heterocycles. The first-order chi connectivity index (χ1) is 5.12. The first kappa shape index (κ1) is 10.4. The summed E-state index contributed by atoms with van der Waals surface area (Å²) in [6.45, 7) is 0.229. The standard InChI is InChI=1S/C5H11NO4S/c6-1-3-11(8,9)4-2-10-5-7/h5H,1-4,6H2. The molecule has 0 atom stereocenters. The van der Waals surface area contributed by atoms with Crippen LogP contribution in [0.25, 0.3) is 0 Å². The maximum atomic E-state index is 10.8. The van der Waals surface area contributed by atoms with Crippen LogP contribution in [-0.2, 0) is 19.4 Å². The monoisotopic (exact) mass is 181 g/mol. The van der Waals surface area contributed by atoms with Crippen molar-refractivity contribution >= 4 is 16.3 Å². The van der Waals surface area contributed by atoms with Crippen LogP contribution in [0.3, 0.4) is 0 Å². The fourth-order valence-corrected chi connectivity index (χ4v) is 1.42. The second-order valence-electron chi connectivity index (χ2n) is 1.91. The molecule has 0 unspecified atom stereocenters. The third-order valence-electron chi connectivity index (χ3n) is 1.01. The predicted octanol–water partition coefficient (Wildman–Crippen LogP) is -1.47. The van der Waals surface area contributed by atoms with E-state index in [4.69, 9.17) is 5.73 Å². The average molecular weight is 181 g/mol. The molecule has 5 nitrogen and oxygen atoms in total. The van der Waals surface area contributed by atoms with Crippen molar-refractivity contribution in [3.8, 4) is 0 Å². The molecule has 0 aliphatic rings. The van der Waals surface area contributed by atoms with Gasteiger partial charge in [0.05, 0.1) is 11.5 Å². The van der Waals surface area contributed by atoms with E-state index in [1.165, 1.54) is 0 Å². The van der Waals surface area contributed by atoms with E-state index in [2.05, 4.69) is 4.74 Å². The smallest absolute Gasteiger partial charge is 0.293 e. The molecule has 0 spiro atoms. The molecule has 6 heteroatoms. The second-order valence-corrected chi connectivity index (χ2v) is 4.21. The lowest BCUT2D eigenvalue weighted by molar-refractivity contribution is -0.128. The summed E-state index contributed by atoms with van der Waals surface area (Å²) in [6.07, 6.45) is 0. The van der Waals surface area contributed by atoms with Gasteiger partial charge in [-0.05, 0) is 0 Å². The Morgan fingerprint density at radius 1 is 1.36 bits per heavy atom. The van der Waals surface area contributed by atoms with Gasteiger partial charge in [0.2, 0.25) is 0 Å². The Labute approximate surface area is 65.4 Å². The van der Waals surface area contributed by atoms with Crippen molar-refractivity contribution in [2.45, 2.75) is 0 Å². The van der Waals surface area contributed by atoms with E-state index in [9.17, 15) is 13.2 Å². The van der Waals surface area contributed by atoms with Crippen LogP contribution < -0.4 is 5.73 Å². The molecule has 2 N–H and O–H groups in total. The molecule has 0 amide bonds. The minimum atomic E-state index is -3.11. The van der Waals surface area contributed by atoms with Gasteiger partial charge in [-0.1, -0.05) is 0 Å². The molecule has 0 radical (unpaired) electrons. The van der Waals surface area contributed by atoms with Gasteiger partial charge < -0.3 is 10.5 Å². The van der Waals surface area contributed by atoms with Crippen LogP contribution in [-0.4, -0.2) is 39.5 Å². The van der Waals surface area contributed by atoms with Gasteiger partial charge in [0.15, 0.2) is 9.84 Å². The van der Waals surface area contributed by atoms with Gasteiger partial charge in [-0.25, -0.2) is 8.42 Å². The van der Waals surface area contributed by atoms with Crippen molar-refractivity contribution in [2.24, 2.45) is 5.73 Å². The molecular formula is C5H11NO4S. The highest BCUT2D eigenvalue weighted by molar-refractivity contribution is 7.91. The minimum Gasteiger partial charge on any atom is -0.467 e. The Balaban J connectivity index is 3.64. The molecule has 0 aromatic heterocycles. The molecule has 0 saturated heterocycles. The summed E-state index contributed by atoms with van der Waals surface area (Å²) in [5.41, 5.74) is 5.03. The lowest BCUT2D eigenvalue weighted by Gasteiger charge is -1.99. The van der Waals surface area contributed by atoms with Gasteiger partial charge in [-0.15, -0.1) is 0 Å². The number of ether oxygens (including phenoxy) is 1. The lowest BCUT2D eigenvalue weighted by Crippen LogP contribution is -2.20. The quantitative estimate of drug-likeness (QED) is 0.399. The zero-order valence-electron chi connectivity index (χ0n) is 6.02. The highest BCUT2D eigenvalue weighted by Crippen LogP contribution is 1.87. The highest BCUT2D eigenvalue weighted by Gasteiger charge is 2.08. The summed E-state index contributed by atoms with van der Waals surface area (Å²) >= 11 is 0. The molecular weight excluding hydrogens is 170 g/mol. The second kappa shape index (κ2) is 5.09. The maximum Gasteiger partial charge on any atom is 0.293 e. The van der Waals surface area contributed by atoms with Crippen LogP contribution >= 0.6 is 0 Å². The summed E-state index contributed by atoms with van der Waals surface area (Å²) in [6, 6.07) is 0. The Kier molecular flexibility index (Phi) is 4.80. The number of carbonyl (C=O) groups is 1. The number of hydrogen-bond donors (Lipinski definition) is 1. The van der Waals surface area contributed by atoms with E-state index in [0.717, 1.165) is 0 Å². The SMILES string of the molecule is NCCS(=O)(=O)CCOC=O. The van der Waals surface area contributed by atoms with Crippen molar-refractivity contribution in [3.63, 3.8) is 0 Å². The van der Waals surface area contributed by atoms with E-state index >= 15 is 0 Å². The fraction of sp³-hybridized carbons (Fsp3) is 0.800. The summed E-state index contributed by atoms with van der Waals surface area (Å²) < 4.78 is 25.9. The number of sulfone groups is 1. The summed E-state index contributed by atoms with van der Waals surface area (Å²) in [4.78, 5) is 9.61. The van der Waals surface area contributed by atoms with E-state index in [0.29, 0.717) is 0 Å². The van der Waals surface area contributed by atoms with Gasteiger partial charge in [0, 0.05) is 6.54 Å². The Hall–Kier alpha value is -0.620. The van der Waals surface area contributed by atoms with Crippen LogP contribution in [0.5, 0.6) is 0 Å². The molecule has 0 rings (SSSR count). The summed E-state index contributed by atoms with van der Waals surface area (Å²) in [7, 11) is -3.11. The van der Waals surface area contributed by atoms with Crippen molar-refractivity contribution in [1.29, 1.82) is 0 Å². The first-order valence-corrected chi connectivity index (χ1v) is 4.90. The molecule has 0 aromatic rings. The van der Waals surface area contributed by atoms with Gasteiger partial charge >= 0.3 is 0 Å². The van der Waals surface area contributed by atoms with Gasteiger partial charge in [0.25, 0.3) is 6.47 Å². The number of carbonyl (C=O) groups excluding carboxylic acids is 1. The van der Waals surface area contributed by atoms with Crippen LogP contribution in [0.15, 0.2) is 0 Å². The van der Waals surface area contributed by atoms with Gasteiger partial charge in [-0.2, -0.15) is 0 Å². The molecule has 0 bridgehead atoms. The predicted molar refractivity (Wildman–Crippen MR) is 39.7 cm³/mol. The molecule has 0 fully saturated rings. The molecule has 0 aliphatic carbocycles. The highest BCUT2D eigenvalue weighted by atomic mass is 32.2. The molecule has 11 heavy (non-hydrogen) atoms. The molecule has 0 aliphatic heterocycles. The van der Waals surface area contributed by atoms with E-state index < -0.39 is 9.84 Å². The fourth-order valence-electron chi connectivity index (χ4n) is 0.505. The zero-order chi connectivity index (χ0) is 8.74. The Bertz CT molecular complexity index is 199. The van der Waals surface area contributed by atoms with E-state index in [1.807, 2.05) is 0 Å². The molecule has 0 aromatic carbocycles. The van der Waals surface area contributed by atoms with E-state index in [1.54, 1.807) is 0 Å². The van der Waals surface area contributed by atoms with E-state index in [-0.39, 0.29) is 31.1 Å². The van der Waals surface area contributed by atoms with Crippen molar-refractivity contribution in [2.75, 3.05) is 24.7 Å². The van der Waals surface area contributed by atoms with Gasteiger partial charge in [0.1, 0.15) is 6.61 Å². The summed E-state index contributed by atoms with van der Waals surface area (Å²) in [5, 5.41) is 0. The number of nitrogens with two attached hydrogens (primary N) is 1. The normalized spacial score (nSPS) is 11.0. The van der Waals surface area contributed by atoms with Crippen molar-refractivity contribution in [1.82, 2.24) is 0 Å². The number of hydrogen-bond acceptors (Lipinski definition) is 5. The van der Waals surface area contributed by atoms with Crippen LogP contribution in [0.4, 0.5) is 0 Å². The van der Waals surface area contributed by atoms with Crippen LogP contribution in [0.2, 0.25) is 0 Å². The van der Waals surface area contributed by atoms with Crippen molar-refractivity contribution < 1.29 is 17.9 Å². The van der Waals surface area contributed by atoms with Crippen molar-refractivity contribution in [3.05, 3.63) is 0 Å². The molecule has 66 valence electrons. The molecule has 0 saturated carbocycles. The largest absolute Gasteiger partial charge is 0.467 e. The topological polar surface area (TPSA) is 86.5 Å². The Morgan fingerprint density at radius 2 is 2.00 bits per heavy atom. The van der Waals surface area contributed by atoms with Gasteiger partial charge in [-0.3, -0.25) is 4.79 Å². The van der Waals surface area contributed by atoms with Crippen LogP contribution in [0.1, 0.15) is 0 Å². The van der Waals surface area contributed by atoms with Crippen LogP contribution in [0, 0.1) is 0 Å². The summed E-state index contributed by atoms with van der Waals surface area (Å²) in [5.74, 6) is -0.210. The Morgan fingerprint density at radius 3 is 2.45 bits per heavy atom. The lowest BCUT2D eigenvalue weighted by atomic mass is 10.8. The average Bonchev–Trinajstić information content (AvgIpc) is 1.87. The third kappa shape index (κ3) is 5.81. The number of rotatable bonds is 6. The third-order valence-corrected chi connectivity index (χ3v) is 2.66. The maximum absolute atomic E-state index is 10.8. The first-order valence-electron chi connectivity index (χ1n) is 3.08.